The van der Waals surface area contributed by atoms with Gasteiger partial charge in [0.05, 0.1) is 12.1 Å². The maximum Gasteiger partial charge on any atom is 0.336 e. The molecule has 5 aliphatic carbocycles. The van der Waals surface area contributed by atoms with E-state index < -0.39 is 0 Å². The normalized spacial score (nSPS) is 35.5. The van der Waals surface area contributed by atoms with E-state index in [2.05, 4.69) is 16.9 Å². The highest BCUT2D eigenvalue weighted by Crippen LogP contribution is 2.40. The van der Waals surface area contributed by atoms with Crippen LogP contribution in [0.5, 0.6) is 0 Å². The van der Waals surface area contributed by atoms with E-state index in [4.69, 9.17) is 0 Å². The topological polar surface area (TPSA) is 125 Å². The Hall–Kier alpha value is -2.83. The molecule has 49 heavy (non-hydrogen) atoms. The molecule has 0 aliphatic heterocycles. The summed E-state index contributed by atoms with van der Waals surface area (Å²) in [6.45, 7) is 2.22. The number of aromatic nitrogens is 3. The van der Waals surface area contributed by atoms with Gasteiger partial charge in [0.25, 0.3) is 0 Å². The minimum absolute atomic E-state index is 0.133. The summed E-state index contributed by atoms with van der Waals surface area (Å²) in [4.78, 5) is 72.1. The molecular formula is C39H59N5O5. The van der Waals surface area contributed by atoms with Crippen LogP contribution in [0.4, 0.5) is 0 Å². The number of nitrogens with zero attached hydrogens (tertiary/aromatic N) is 5. The van der Waals surface area contributed by atoms with Crippen LogP contribution in [0.3, 0.4) is 0 Å². The molecule has 1 aromatic heterocycles. The molecule has 5 saturated carbocycles. The van der Waals surface area contributed by atoms with E-state index in [1.165, 1.54) is 26.5 Å². The van der Waals surface area contributed by atoms with Gasteiger partial charge in [-0.25, -0.2) is 47.7 Å². The van der Waals surface area contributed by atoms with Crippen molar-refractivity contribution in [2.75, 3.05) is 0 Å². The summed E-state index contributed by atoms with van der Waals surface area (Å²) in [7, 11) is 0. The van der Waals surface area contributed by atoms with Crippen molar-refractivity contribution in [1.29, 1.82) is 0 Å². The number of rotatable bonds is 10. The highest BCUT2D eigenvalue weighted by molar-refractivity contribution is 5.33. The molecule has 0 atom stereocenters. The highest BCUT2D eigenvalue weighted by Gasteiger charge is 2.35. The van der Waals surface area contributed by atoms with Crippen molar-refractivity contribution in [1.82, 2.24) is 13.7 Å². The molecule has 0 aromatic carbocycles. The summed E-state index contributed by atoms with van der Waals surface area (Å²) in [6, 6.07) is -0.178. The number of hydrogen-bond acceptors (Lipinski definition) is 7. The zero-order valence-electron chi connectivity index (χ0n) is 29.8. The van der Waals surface area contributed by atoms with Crippen molar-refractivity contribution in [2.24, 2.45) is 39.6 Å². The third-order valence-electron chi connectivity index (χ3n) is 13.8. The lowest BCUT2D eigenvalue weighted by atomic mass is 9.75. The first-order chi connectivity index (χ1) is 23.9. The Morgan fingerprint density at radius 3 is 0.980 bits per heavy atom. The predicted molar refractivity (Wildman–Crippen MR) is 189 cm³/mol. The van der Waals surface area contributed by atoms with Crippen molar-refractivity contribution in [3.8, 4) is 0 Å². The second-order valence-corrected chi connectivity index (χ2v) is 16.7. The average molecular weight is 678 g/mol. The summed E-state index contributed by atoms with van der Waals surface area (Å²) in [6.07, 6.45) is 26.1. The molecule has 270 valence electrons. The van der Waals surface area contributed by atoms with Crippen molar-refractivity contribution in [3.63, 3.8) is 0 Å². The fourth-order valence-electron chi connectivity index (χ4n) is 10.7. The summed E-state index contributed by atoms with van der Waals surface area (Å²) in [5, 5.41) is 0. The third kappa shape index (κ3) is 8.56. The van der Waals surface area contributed by atoms with Gasteiger partial charge in [-0.2, -0.15) is 0 Å². The Balaban J connectivity index is 1.16. The Kier molecular flexibility index (Phi) is 12.4. The van der Waals surface area contributed by atoms with Crippen LogP contribution < -0.4 is 17.1 Å². The van der Waals surface area contributed by atoms with Gasteiger partial charge in [0, 0.05) is 18.1 Å². The van der Waals surface area contributed by atoms with Gasteiger partial charge in [0.15, 0.2) is 0 Å². The molecule has 0 radical (unpaired) electrons. The minimum atomic E-state index is -0.372. The van der Waals surface area contributed by atoms with E-state index in [0.29, 0.717) is 29.6 Å². The van der Waals surface area contributed by atoms with Gasteiger partial charge >= 0.3 is 17.1 Å². The molecule has 0 unspecified atom stereocenters. The summed E-state index contributed by atoms with van der Waals surface area (Å²) in [5.74, 6) is 3.13. The Bertz CT molecular complexity index is 1410. The molecule has 0 amide bonds. The van der Waals surface area contributed by atoms with Crippen molar-refractivity contribution < 1.29 is 9.59 Å². The van der Waals surface area contributed by atoms with Crippen LogP contribution in [0.1, 0.15) is 173 Å². The number of aliphatic imine (C=N–C) groups is 2. The highest BCUT2D eigenvalue weighted by atomic mass is 16.2. The molecule has 5 aliphatic rings. The maximum atomic E-state index is 14.3. The average Bonchev–Trinajstić information content (AvgIpc) is 3.12. The molecule has 10 heteroatoms. The molecule has 0 spiro atoms. The molecule has 0 bridgehead atoms. The number of hydrogen-bond donors (Lipinski definition) is 0. The third-order valence-corrected chi connectivity index (χ3v) is 13.8. The fourth-order valence-corrected chi connectivity index (χ4v) is 10.7. The number of isocyanates is 2. The second kappa shape index (κ2) is 16.9. The first-order valence-corrected chi connectivity index (χ1v) is 20.0. The van der Waals surface area contributed by atoms with Gasteiger partial charge in [-0.05, 0) is 171 Å². The lowest BCUT2D eigenvalue weighted by Gasteiger charge is -2.36. The van der Waals surface area contributed by atoms with Crippen molar-refractivity contribution in [3.05, 3.63) is 31.5 Å². The van der Waals surface area contributed by atoms with Crippen LogP contribution in [-0.4, -0.2) is 37.9 Å². The van der Waals surface area contributed by atoms with Crippen LogP contribution in [0, 0.1) is 29.6 Å². The SMILES string of the molecule is CCC1CCC(n2c(=O)n(C3CCC(CC4CCC(N=C=O)CC4)CC3)c(=O)n(C3CCC(CC4CCC(N=C=O)CC4)CC3)c2=O)CC1. The Labute approximate surface area is 290 Å². The Morgan fingerprint density at radius 1 is 0.449 bits per heavy atom. The molecule has 6 rings (SSSR count). The molecule has 1 aromatic rings. The standard InChI is InChI=1S/C39H59N5O5/c1-2-27-7-17-34(18-8-27)42-37(47)43(35-19-9-30(10-20-35)23-28-3-13-32(14-4-28)40-25-45)39(49)44(38(42)48)36-21-11-31(12-22-36)24-29-5-15-33(16-6-29)41-26-46/h27-36H,2-24H2,1H3. The quantitative estimate of drug-likeness (QED) is 0.189. The van der Waals surface area contributed by atoms with E-state index in [0.717, 1.165) is 135 Å². The fraction of sp³-hybridized carbons (Fsp3) is 0.872. The Morgan fingerprint density at radius 2 is 0.714 bits per heavy atom. The van der Waals surface area contributed by atoms with Crippen molar-refractivity contribution >= 4 is 12.2 Å². The summed E-state index contributed by atoms with van der Waals surface area (Å²) < 4.78 is 4.57. The number of carbonyl (C=O) groups excluding carboxylic acids is 2. The molecule has 5 fully saturated rings. The van der Waals surface area contributed by atoms with Gasteiger partial charge in [0.1, 0.15) is 0 Å². The molecule has 0 saturated heterocycles. The zero-order valence-corrected chi connectivity index (χ0v) is 29.8. The van der Waals surface area contributed by atoms with Gasteiger partial charge in [-0.1, -0.05) is 13.3 Å². The molecule has 1 heterocycles. The van der Waals surface area contributed by atoms with Crippen LogP contribution in [-0.2, 0) is 9.59 Å². The maximum absolute atomic E-state index is 14.3. The van der Waals surface area contributed by atoms with Crippen LogP contribution in [0.15, 0.2) is 24.4 Å². The molecule has 0 N–H and O–H groups in total. The minimum Gasteiger partial charge on any atom is -0.247 e. The summed E-state index contributed by atoms with van der Waals surface area (Å²) >= 11 is 0. The van der Waals surface area contributed by atoms with E-state index in [-0.39, 0.29) is 47.3 Å². The van der Waals surface area contributed by atoms with E-state index >= 15 is 0 Å². The van der Waals surface area contributed by atoms with Crippen LogP contribution in [0.25, 0.3) is 0 Å². The largest absolute Gasteiger partial charge is 0.336 e. The van der Waals surface area contributed by atoms with Crippen LogP contribution in [0.2, 0.25) is 0 Å². The van der Waals surface area contributed by atoms with E-state index in [9.17, 15) is 24.0 Å². The smallest absolute Gasteiger partial charge is 0.247 e. The summed E-state index contributed by atoms with van der Waals surface area (Å²) in [5.41, 5.74) is -1.11. The lowest BCUT2D eigenvalue weighted by molar-refractivity contribution is 0.178. The lowest BCUT2D eigenvalue weighted by Crippen LogP contribution is -2.58. The van der Waals surface area contributed by atoms with Gasteiger partial charge in [-0.15, -0.1) is 0 Å². The second-order valence-electron chi connectivity index (χ2n) is 16.7. The van der Waals surface area contributed by atoms with Gasteiger partial charge in [0.2, 0.25) is 12.2 Å². The van der Waals surface area contributed by atoms with E-state index in [1.54, 1.807) is 12.2 Å². The molecular weight excluding hydrogens is 618 g/mol. The van der Waals surface area contributed by atoms with Gasteiger partial charge in [-0.3, -0.25) is 0 Å². The predicted octanol–water partition coefficient (Wildman–Crippen LogP) is 7.35. The first-order valence-electron chi connectivity index (χ1n) is 20.0. The van der Waals surface area contributed by atoms with E-state index in [1.807, 2.05) is 0 Å². The van der Waals surface area contributed by atoms with Crippen molar-refractivity contribution in [2.45, 2.75) is 185 Å². The molecule has 10 nitrogen and oxygen atoms in total. The van der Waals surface area contributed by atoms with Gasteiger partial charge < -0.3 is 0 Å². The first kappa shape index (κ1) is 36.0. The van der Waals surface area contributed by atoms with Crippen LogP contribution >= 0.6 is 0 Å². The monoisotopic (exact) mass is 677 g/mol. The zero-order chi connectivity index (χ0) is 34.3.